The number of nitrogens with zero attached hydrogens (tertiary/aromatic N) is 1. The lowest BCUT2D eigenvalue weighted by Crippen LogP contribution is -2.36. The summed E-state index contributed by atoms with van der Waals surface area (Å²) >= 11 is 1.42. The molecule has 5 nitrogen and oxygen atoms in total. The second-order valence-corrected chi connectivity index (χ2v) is 7.82. The Hall–Kier alpha value is -2.21. The van der Waals surface area contributed by atoms with E-state index in [-0.39, 0.29) is 5.91 Å². The fraction of sp³-hybridized carbons (Fsp3) is 0.421. The highest BCUT2D eigenvalue weighted by Gasteiger charge is 2.36. The number of anilines is 1. The van der Waals surface area contributed by atoms with Gasteiger partial charge in [-0.2, -0.15) is 0 Å². The molecule has 1 saturated carbocycles. The summed E-state index contributed by atoms with van der Waals surface area (Å²) in [7, 11) is 0. The molecule has 6 heteroatoms. The van der Waals surface area contributed by atoms with Crippen molar-refractivity contribution in [2.24, 2.45) is 11.8 Å². The van der Waals surface area contributed by atoms with E-state index in [9.17, 15) is 14.7 Å². The Balaban J connectivity index is 1.77. The van der Waals surface area contributed by atoms with Crippen molar-refractivity contribution in [3.05, 3.63) is 34.7 Å². The molecule has 2 N–H and O–H groups in total. The van der Waals surface area contributed by atoms with E-state index < -0.39 is 17.8 Å². The minimum atomic E-state index is -0.879. The van der Waals surface area contributed by atoms with Crippen molar-refractivity contribution in [2.75, 3.05) is 5.32 Å². The average Bonchev–Trinajstić information content (AvgIpc) is 2.95. The number of carboxylic acids is 1. The Labute approximate surface area is 151 Å². The van der Waals surface area contributed by atoms with Gasteiger partial charge in [-0.1, -0.05) is 42.7 Å². The molecule has 0 radical (unpaired) electrons. The van der Waals surface area contributed by atoms with Crippen LogP contribution in [0.15, 0.2) is 24.3 Å². The third kappa shape index (κ3) is 3.90. The van der Waals surface area contributed by atoms with Crippen LogP contribution < -0.4 is 5.32 Å². The largest absolute Gasteiger partial charge is 0.481 e. The Morgan fingerprint density at radius 2 is 1.76 bits per heavy atom. The lowest BCUT2D eigenvalue weighted by atomic mass is 9.79. The second-order valence-electron chi connectivity index (χ2n) is 6.61. The monoisotopic (exact) mass is 358 g/mol. The number of aliphatic carboxylic acids is 1. The van der Waals surface area contributed by atoms with Crippen LogP contribution in [0.3, 0.4) is 0 Å². The van der Waals surface area contributed by atoms with Gasteiger partial charge in [0.15, 0.2) is 5.13 Å². The van der Waals surface area contributed by atoms with Crippen LogP contribution in [0.2, 0.25) is 0 Å². The summed E-state index contributed by atoms with van der Waals surface area (Å²) in [6.07, 6.45) is 2.96. The number of hydrogen-bond donors (Lipinski definition) is 2. The van der Waals surface area contributed by atoms with Crippen molar-refractivity contribution in [3.8, 4) is 11.3 Å². The highest BCUT2D eigenvalue weighted by Crippen LogP contribution is 2.34. The van der Waals surface area contributed by atoms with Gasteiger partial charge < -0.3 is 10.4 Å². The highest BCUT2D eigenvalue weighted by molar-refractivity contribution is 7.16. The predicted octanol–water partition coefficient (Wildman–Crippen LogP) is 4.26. The lowest BCUT2D eigenvalue weighted by Gasteiger charge is -2.26. The molecule has 2 atom stereocenters. The molecular formula is C19H22N2O3S. The molecule has 3 rings (SSSR count). The van der Waals surface area contributed by atoms with Crippen molar-refractivity contribution >= 4 is 28.3 Å². The van der Waals surface area contributed by atoms with Gasteiger partial charge in [0.1, 0.15) is 0 Å². The normalized spacial score (nSPS) is 20.2. The molecule has 1 fully saturated rings. The number of benzene rings is 1. The predicted molar refractivity (Wildman–Crippen MR) is 98.7 cm³/mol. The fourth-order valence-corrected chi connectivity index (χ4v) is 4.21. The molecule has 1 aliphatic carbocycles. The van der Waals surface area contributed by atoms with E-state index in [2.05, 4.69) is 10.3 Å². The molecule has 1 amide bonds. The summed E-state index contributed by atoms with van der Waals surface area (Å²) in [6.45, 7) is 4.01. The van der Waals surface area contributed by atoms with Crippen LogP contribution in [-0.2, 0) is 9.59 Å². The van der Waals surface area contributed by atoms with E-state index in [0.717, 1.165) is 29.0 Å². The van der Waals surface area contributed by atoms with Gasteiger partial charge in [0, 0.05) is 10.4 Å². The molecule has 0 spiro atoms. The molecule has 1 aliphatic rings. The van der Waals surface area contributed by atoms with Crippen LogP contribution in [0, 0.1) is 25.7 Å². The summed E-state index contributed by atoms with van der Waals surface area (Å²) in [6, 6.07) is 8.10. The maximum Gasteiger partial charge on any atom is 0.307 e. The SMILES string of the molecule is Cc1ccc(-c2nc(NC(=O)[C@@H]3CCCC[C@H]3C(=O)O)sc2C)cc1. The third-order valence-electron chi connectivity index (χ3n) is 4.77. The first kappa shape index (κ1) is 17.6. The number of carbonyl (C=O) groups excluding carboxylic acids is 1. The average molecular weight is 358 g/mol. The van der Waals surface area contributed by atoms with Crippen LogP contribution in [-0.4, -0.2) is 22.0 Å². The van der Waals surface area contributed by atoms with E-state index in [1.165, 1.54) is 16.9 Å². The summed E-state index contributed by atoms with van der Waals surface area (Å²) in [5.41, 5.74) is 3.06. The number of nitrogens with one attached hydrogen (secondary N) is 1. The third-order valence-corrected chi connectivity index (χ3v) is 5.66. The number of aryl methyl sites for hydroxylation is 2. The van der Waals surface area contributed by atoms with Crippen LogP contribution in [0.1, 0.15) is 36.1 Å². The van der Waals surface area contributed by atoms with Crippen LogP contribution >= 0.6 is 11.3 Å². The molecule has 132 valence electrons. The van der Waals surface area contributed by atoms with E-state index in [4.69, 9.17) is 0 Å². The minimum absolute atomic E-state index is 0.226. The van der Waals surface area contributed by atoms with Gasteiger partial charge in [-0.3, -0.25) is 9.59 Å². The Morgan fingerprint density at radius 1 is 1.12 bits per heavy atom. The zero-order valence-electron chi connectivity index (χ0n) is 14.4. The fourth-order valence-electron chi connectivity index (χ4n) is 3.37. The van der Waals surface area contributed by atoms with Gasteiger partial charge in [-0.05, 0) is 26.7 Å². The van der Waals surface area contributed by atoms with Crippen molar-refractivity contribution in [1.82, 2.24) is 4.98 Å². The summed E-state index contributed by atoms with van der Waals surface area (Å²) in [5.74, 6) is -2.17. The Morgan fingerprint density at radius 3 is 2.40 bits per heavy atom. The lowest BCUT2D eigenvalue weighted by molar-refractivity contribution is -0.147. The Kier molecular flexibility index (Phi) is 5.18. The molecule has 0 unspecified atom stereocenters. The number of hydrogen-bond acceptors (Lipinski definition) is 4. The first-order chi connectivity index (χ1) is 12.0. The number of rotatable bonds is 4. The second kappa shape index (κ2) is 7.35. The van der Waals surface area contributed by atoms with Gasteiger partial charge in [-0.25, -0.2) is 4.98 Å². The van der Waals surface area contributed by atoms with Crippen molar-refractivity contribution < 1.29 is 14.7 Å². The van der Waals surface area contributed by atoms with Gasteiger partial charge in [0.25, 0.3) is 0 Å². The molecular weight excluding hydrogens is 336 g/mol. The van der Waals surface area contributed by atoms with Gasteiger partial charge in [0.2, 0.25) is 5.91 Å². The summed E-state index contributed by atoms with van der Waals surface area (Å²) in [5, 5.41) is 12.7. The molecule has 0 bridgehead atoms. The number of aromatic nitrogens is 1. The van der Waals surface area contributed by atoms with Crippen molar-refractivity contribution in [1.29, 1.82) is 0 Å². The standard InChI is InChI=1S/C19H22N2O3S/c1-11-7-9-13(10-8-11)16-12(2)25-19(20-16)21-17(22)14-5-3-4-6-15(14)18(23)24/h7-10,14-15H,3-6H2,1-2H3,(H,23,24)(H,20,21,22)/t14-,15-/m1/s1. The maximum absolute atomic E-state index is 12.6. The zero-order valence-corrected chi connectivity index (χ0v) is 15.2. The van der Waals surface area contributed by atoms with Crippen molar-refractivity contribution in [2.45, 2.75) is 39.5 Å². The van der Waals surface area contributed by atoms with E-state index >= 15 is 0 Å². The number of carbonyl (C=O) groups is 2. The van der Waals surface area contributed by atoms with Crippen LogP contribution in [0.4, 0.5) is 5.13 Å². The molecule has 25 heavy (non-hydrogen) atoms. The van der Waals surface area contributed by atoms with E-state index in [1.807, 2.05) is 38.1 Å². The number of carboxylic acid groups (broad SMARTS) is 1. The zero-order chi connectivity index (χ0) is 18.0. The van der Waals surface area contributed by atoms with Gasteiger partial charge >= 0.3 is 5.97 Å². The highest BCUT2D eigenvalue weighted by atomic mass is 32.1. The number of thiazole rings is 1. The molecule has 1 aromatic heterocycles. The molecule has 0 saturated heterocycles. The first-order valence-electron chi connectivity index (χ1n) is 8.54. The van der Waals surface area contributed by atoms with Crippen LogP contribution in [0.25, 0.3) is 11.3 Å². The van der Waals surface area contributed by atoms with Crippen LogP contribution in [0.5, 0.6) is 0 Å². The molecule has 0 aliphatic heterocycles. The maximum atomic E-state index is 12.6. The smallest absolute Gasteiger partial charge is 0.307 e. The van der Waals surface area contributed by atoms with E-state index in [1.54, 1.807) is 0 Å². The quantitative estimate of drug-likeness (QED) is 0.856. The molecule has 1 heterocycles. The molecule has 1 aromatic carbocycles. The first-order valence-corrected chi connectivity index (χ1v) is 9.35. The minimum Gasteiger partial charge on any atom is -0.481 e. The summed E-state index contributed by atoms with van der Waals surface area (Å²) < 4.78 is 0. The number of amides is 1. The van der Waals surface area contributed by atoms with Gasteiger partial charge in [0.05, 0.1) is 17.5 Å². The van der Waals surface area contributed by atoms with Crippen molar-refractivity contribution in [3.63, 3.8) is 0 Å². The molecule has 2 aromatic rings. The Bertz CT molecular complexity index is 782. The topological polar surface area (TPSA) is 79.3 Å². The summed E-state index contributed by atoms with van der Waals surface area (Å²) in [4.78, 5) is 29.6. The van der Waals surface area contributed by atoms with E-state index in [0.29, 0.717) is 18.0 Å². The van der Waals surface area contributed by atoms with Gasteiger partial charge in [-0.15, -0.1) is 11.3 Å².